The van der Waals surface area contributed by atoms with Crippen LogP contribution in [0.25, 0.3) is 0 Å². The fourth-order valence-corrected chi connectivity index (χ4v) is 2.56. The topological polar surface area (TPSA) is 24.9 Å². The second-order valence-electron chi connectivity index (χ2n) is 5.12. The van der Waals surface area contributed by atoms with E-state index < -0.39 is 0 Å². The maximum atomic E-state index is 4.10. The van der Waals surface area contributed by atoms with Gasteiger partial charge >= 0.3 is 0 Å². The van der Waals surface area contributed by atoms with Crippen LogP contribution in [0, 0.1) is 0 Å². The molecule has 1 N–H and O–H groups in total. The van der Waals surface area contributed by atoms with E-state index >= 15 is 0 Å². The Bertz CT molecular complexity index is 508. The molecule has 1 atom stereocenters. The van der Waals surface area contributed by atoms with Crippen LogP contribution >= 0.6 is 0 Å². The van der Waals surface area contributed by atoms with E-state index in [2.05, 4.69) is 60.5 Å². The molecule has 2 aromatic rings. The van der Waals surface area contributed by atoms with Crippen molar-refractivity contribution in [3.8, 4) is 0 Å². The lowest BCUT2D eigenvalue weighted by Crippen LogP contribution is -2.25. The van der Waals surface area contributed by atoms with E-state index in [1.807, 2.05) is 12.4 Å². The monoisotopic (exact) mass is 268 g/mol. The number of pyridine rings is 1. The van der Waals surface area contributed by atoms with Gasteiger partial charge in [-0.05, 0) is 54.6 Å². The van der Waals surface area contributed by atoms with Gasteiger partial charge in [-0.2, -0.15) is 0 Å². The van der Waals surface area contributed by atoms with E-state index in [1.165, 1.54) is 16.7 Å². The van der Waals surface area contributed by atoms with Crippen LogP contribution in [-0.4, -0.2) is 11.5 Å². The number of benzene rings is 1. The van der Waals surface area contributed by atoms with Crippen LogP contribution in [0.1, 0.15) is 43.0 Å². The van der Waals surface area contributed by atoms with E-state index in [4.69, 9.17) is 0 Å². The molecular weight excluding hydrogens is 244 g/mol. The summed E-state index contributed by atoms with van der Waals surface area (Å²) in [7, 11) is 0. The molecule has 0 spiro atoms. The zero-order valence-electron chi connectivity index (χ0n) is 12.5. The second-order valence-corrected chi connectivity index (χ2v) is 5.12. The van der Waals surface area contributed by atoms with Crippen molar-refractivity contribution in [2.75, 3.05) is 6.54 Å². The lowest BCUT2D eigenvalue weighted by molar-refractivity contribution is 0.525. The van der Waals surface area contributed by atoms with Gasteiger partial charge in [-0.25, -0.2) is 0 Å². The number of aromatic nitrogens is 1. The third kappa shape index (κ3) is 3.91. The molecule has 1 aromatic carbocycles. The maximum absolute atomic E-state index is 4.10. The standard InChI is InChI=1S/C18H24N2/c1-3-11-20-18(14-15-9-12-19-13-10-15)17-8-6-5-7-16(17)4-2/h5-10,12-13,18,20H,3-4,11,14H2,1-2H3. The van der Waals surface area contributed by atoms with E-state index in [0.29, 0.717) is 6.04 Å². The SMILES string of the molecule is CCCNC(Cc1ccncc1)c1ccccc1CC. The van der Waals surface area contributed by atoms with E-state index in [1.54, 1.807) is 0 Å². The highest BCUT2D eigenvalue weighted by atomic mass is 14.9. The molecular formula is C18H24N2. The predicted octanol–water partition coefficient (Wildman–Crippen LogP) is 3.93. The minimum absolute atomic E-state index is 0.383. The fourth-order valence-electron chi connectivity index (χ4n) is 2.56. The van der Waals surface area contributed by atoms with Crippen LogP contribution in [-0.2, 0) is 12.8 Å². The van der Waals surface area contributed by atoms with Crippen molar-refractivity contribution in [2.24, 2.45) is 0 Å². The quantitative estimate of drug-likeness (QED) is 0.823. The molecule has 1 unspecified atom stereocenters. The zero-order chi connectivity index (χ0) is 14.2. The minimum atomic E-state index is 0.383. The van der Waals surface area contributed by atoms with Gasteiger partial charge in [-0.15, -0.1) is 0 Å². The van der Waals surface area contributed by atoms with Crippen molar-refractivity contribution in [1.82, 2.24) is 10.3 Å². The third-order valence-electron chi connectivity index (χ3n) is 3.64. The van der Waals surface area contributed by atoms with Gasteiger partial charge in [-0.1, -0.05) is 38.1 Å². The summed E-state index contributed by atoms with van der Waals surface area (Å²) < 4.78 is 0. The summed E-state index contributed by atoms with van der Waals surface area (Å²) in [6, 6.07) is 13.4. The van der Waals surface area contributed by atoms with Gasteiger partial charge < -0.3 is 5.32 Å². The lowest BCUT2D eigenvalue weighted by atomic mass is 9.94. The van der Waals surface area contributed by atoms with E-state index in [-0.39, 0.29) is 0 Å². The van der Waals surface area contributed by atoms with Crippen LogP contribution in [0.2, 0.25) is 0 Å². The largest absolute Gasteiger partial charge is 0.310 e. The third-order valence-corrected chi connectivity index (χ3v) is 3.64. The molecule has 0 radical (unpaired) electrons. The van der Waals surface area contributed by atoms with Crippen LogP contribution in [0.4, 0.5) is 0 Å². The molecule has 0 aliphatic rings. The van der Waals surface area contributed by atoms with Crippen molar-refractivity contribution < 1.29 is 0 Å². The van der Waals surface area contributed by atoms with Crippen LogP contribution < -0.4 is 5.32 Å². The first-order chi connectivity index (χ1) is 9.85. The predicted molar refractivity (Wildman–Crippen MR) is 84.8 cm³/mol. The maximum Gasteiger partial charge on any atom is 0.0363 e. The lowest BCUT2D eigenvalue weighted by Gasteiger charge is -2.22. The van der Waals surface area contributed by atoms with Crippen LogP contribution in [0.5, 0.6) is 0 Å². The van der Waals surface area contributed by atoms with E-state index in [0.717, 1.165) is 25.8 Å². The molecule has 0 bridgehead atoms. The highest BCUT2D eigenvalue weighted by Crippen LogP contribution is 2.22. The molecule has 1 aromatic heterocycles. The summed E-state index contributed by atoms with van der Waals surface area (Å²) in [6.07, 6.45) is 6.99. The Morgan fingerprint density at radius 3 is 2.50 bits per heavy atom. The Labute approximate surface area is 122 Å². The molecule has 2 heteroatoms. The summed E-state index contributed by atoms with van der Waals surface area (Å²) in [5.41, 5.74) is 4.20. The first-order valence-electron chi connectivity index (χ1n) is 7.55. The molecule has 0 saturated heterocycles. The number of aryl methyl sites for hydroxylation is 1. The van der Waals surface area contributed by atoms with Gasteiger partial charge in [0.25, 0.3) is 0 Å². The van der Waals surface area contributed by atoms with Crippen LogP contribution in [0.3, 0.4) is 0 Å². The Morgan fingerprint density at radius 1 is 1.05 bits per heavy atom. The van der Waals surface area contributed by atoms with Crippen LogP contribution in [0.15, 0.2) is 48.8 Å². The fraction of sp³-hybridized carbons (Fsp3) is 0.389. The average Bonchev–Trinajstić information content (AvgIpc) is 2.52. The normalized spacial score (nSPS) is 12.3. The minimum Gasteiger partial charge on any atom is -0.310 e. The summed E-state index contributed by atoms with van der Waals surface area (Å²) in [5, 5.41) is 3.69. The second kappa shape index (κ2) is 7.81. The molecule has 0 amide bonds. The summed E-state index contributed by atoms with van der Waals surface area (Å²) in [5.74, 6) is 0. The van der Waals surface area contributed by atoms with Crippen molar-refractivity contribution in [3.63, 3.8) is 0 Å². The molecule has 0 aliphatic carbocycles. The molecule has 1 heterocycles. The molecule has 0 fully saturated rings. The number of hydrogen-bond donors (Lipinski definition) is 1. The Balaban J connectivity index is 2.22. The number of nitrogens with one attached hydrogen (secondary N) is 1. The number of nitrogens with zero attached hydrogens (tertiary/aromatic N) is 1. The van der Waals surface area contributed by atoms with Gasteiger partial charge in [0.05, 0.1) is 0 Å². The molecule has 2 rings (SSSR count). The summed E-state index contributed by atoms with van der Waals surface area (Å²) in [4.78, 5) is 4.10. The average molecular weight is 268 g/mol. The van der Waals surface area contributed by atoms with Gasteiger partial charge in [0.15, 0.2) is 0 Å². The molecule has 0 aliphatic heterocycles. The molecule has 20 heavy (non-hydrogen) atoms. The number of rotatable bonds is 7. The first kappa shape index (κ1) is 14.7. The van der Waals surface area contributed by atoms with Gasteiger partial charge in [0.2, 0.25) is 0 Å². The summed E-state index contributed by atoms with van der Waals surface area (Å²) in [6.45, 7) is 5.48. The summed E-state index contributed by atoms with van der Waals surface area (Å²) >= 11 is 0. The highest BCUT2D eigenvalue weighted by Gasteiger charge is 2.14. The highest BCUT2D eigenvalue weighted by molar-refractivity contribution is 5.31. The molecule has 106 valence electrons. The Kier molecular flexibility index (Phi) is 5.75. The Morgan fingerprint density at radius 2 is 1.80 bits per heavy atom. The Hall–Kier alpha value is -1.67. The van der Waals surface area contributed by atoms with Crippen molar-refractivity contribution in [3.05, 3.63) is 65.5 Å². The van der Waals surface area contributed by atoms with Crippen molar-refractivity contribution in [1.29, 1.82) is 0 Å². The first-order valence-corrected chi connectivity index (χ1v) is 7.55. The van der Waals surface area contributed by atoms with Crippen molar-refractivity contribution in [2.45, 2.75) is 39.2 Å². The van der Waals surface area contributed by atoms with E-state index in [9.17, 15) is 0 Å². The molecule has 2 nitrogen and oxygen atoms in total. The van der Waals surface area contributed by atoms with Gasteiger partial charge in [0, 0.05) is 18.4 Å². The van der Waals surface area contributed by atoms with Gasteiger partial charge in [-0.3, -0.25) is 4.98 Å². The van der Waals surface area contributed by atoms with Crippen molar-refractivity contribution >= 4 is 0 Å². The zero-order valence-corrected chi connectivity index (χ0v) is 12.5. The molecule has 0 saturated carbocycles. The van der Waals surface area contributed by atoms with Gasteiger partial charge in [0.1, 0.15) is 0 Å². The number of hydrogen-bond acceptors (Lipinski definition) is 2. The smallest absolute Gasteiger partial charge is 0.0363 e.